The fraction of sp³-hybridized carbons (Fsp3) is 0.364. The predicted molar refractivity (Wildman–Crippen MR) is 64.8 cm³/mol. The predicted octanol–water partition coefficient (Wildman–Crippen LogP) is 2.10. The standard InChI is InChI=1S/C11H14BrNO3/c1-7(14)13-6-8-4-10(15-2)11(16-3)5-9(8)12/h4-5H,6H2,1-3H3,(H,13,14). The molecule has 0 saturated heterocycles. The molecule has 16 heavy (non-hydrogen) atoms. The lowest BCUT2D eigenvalue weighted by molar-refractivity contribution is -0.119. The summed E-state index contributed by atoms with van der Waals surface area (Å²) in [7, 11) is 3.16. The van der Waals surface area contributed by atoms with E-state index in [-0.39, 0.29) is 5.91 Å². The van der Waals surface area contributed by atoms with Gasteiger partial charge in [0.2, 0.25) is 5.91 Å². The molecule has 0 heterocycles. The van der Waals surface area contributed by atoms with Crippen molar-refractivity contribution in [1.29, 1.82) is 0 Å². The average molecular weight is 288 g/mol. The molecule has 4 nitrogen and oxygen atoms in total. The van der Waals surface area contributed by atoms with Crippen LogP contribution in [0.3, 0.4) is 0 Å². The summed E-state index contributed by atoms with van der Waals surface area (Å²) in [4.78, 5) is 10.8. The molecule has 1 amide bonds. The van der Waals surface area contributed by atoms with E-state index in [4.69, 9.17) is 9.47 Å². The van der Waals surface area contributed by atoms with Crippen molar-refractivity contribution in [1.82, 2.24) is 5.32 Å². The molecule has 0 radical (unpaired) electrons. The number of benzene rings is 1. The maximum Gasteiger partial charge on any atom is 0.217 e. The lowest BCUT2D eigenvalue weighted by Gasteiger charge is -2.12. The number of carbonyl (C=O) groups excluding carboxylic acids is 1. The number of halogens is 1. The summed E-state index contributed by atoms with van der Waals surface area (Å²) in [5.41, 5.74) is 0.938. The van der Waals surface area contributed by atoms with Crippen LogP contribution < -0.4 is 14.8 Å². The van der Waals surface area contributed by atoms with Crippen LogP contribution >= 0.6 is 15.9 Å². The first-order valence-corrected chi connectivity index (χ1v) is 5.52. The van der Waals surface area contributed by atoms with Crippen LogP contribution in [0.4, 0.5) is 0 Å². The molecule has 0 saturated carbocycles. The van der Waals surface area contributed by atoms with E-state index in [1.54, 1.807) is 14.2 Å². The summed E-state index contributed by atoms with van der Waals surface area (Å²) in [6.07, 6.45) is 0. The van der Waals surface area contributed by atoms with Gasteiger partial charge in [0.05, 0.1) is 14.2 Å². The molecule has 0 fully saturated rings. The summed E-state index contributed by atoms with van der Waals surface area (Å²) in [5.74, 6) is 1.23. The molecular formula is C11H14BrNO3. The van der Waals surface area contributed by atoms with Crippen LogP contribution in [0, 0.1) is 0 Å². The van der Waals surface area contributed by atoms with E-state index >= 15 is 0 Å². The molecule has 1 rings (SSSR count). The molecule has 5 heteroatoms. The van der Waals surface area contributed by atoms with Crippen molar-refractivity contribution in [2.45, 2.75) is 13.5 Å². The second-order valence-corrected chi connectivity index (χ2v) is 4.06. The molecule has 0 aliphatic rings. The minimum absolute atomic E-state index is 0.0679. The Kier molecular flexibility index (Phi) is 4.61. The molecule has 88 valence electrons. The molecule has 0 aromatic heterocycles. The third kappa shape index (κ3) is 3.13. The first-order chi connectivity index (χ1) is 7.58. The Balaban J connectivity index is 2.96. The Morgan fingerprint density at radius 3 is 2.38 bits per heavy atom. The van der Waals surface area contributed by atoms with Crippen LogP contribution in [0.25, 0.3) is 0 Å². The van der Waals surface area contributed by atoms with Crippen molar-refractivity contribution in [2.75, 3.05) is 14.2 Å². The van der Waals surface area contributed by atoms with Gasteiger partial charge in [-0.1, -0.05) is 15.9 Å². The second-order valence-electron chi connectivity index (χ2n) is 3.21. The maximum absolute atomic E-state index is 10.8. The van der Waals surface area contributed by atoms with Gasteiger partial charge in [-0.3, -0.25) is 4.79 Å². The molecule has 0 atom stereocenters. The first kappa shape index (κ1) is 12.8. The number of carbonyl (C=O) groups is 1. The van der Waals surface area contributed by atoms with Gasteiger partial charge in [-0.15, -0.1) is 0 Å². The molecule has 0 aliphatic carbocycles. The van der Waals surface area contributed by atoms with Crippen molar-refractivity contribution in [2.24, 2.45) is 0 Å². The smallest absolute Gasteiger partial charge is 0.217 e. The highest BCUT2D eigenvalue weighted by molar-refractivity contribution is 9.10. The highest BCUT2D eigenvalue weighted by Gasteiger charge is 2.09. The average Bonchev–Trinajstić information content (AvgIpc) is 2.26. The van der Waals surface area contributed by atoms with Gasteiger partial charge in [-0.25, -0.2) is 0 Å². The molecule has 0 spiro atoms. The number of hydrogen-bond donors (Lipinski definition) is 1. The molecule has 0 bridgehead atoms. The van der Waals surface area contributed by atoms with Crippen molar-refractivity contribution >= 4 is 21.8 Å². The van der Waals surface area contributed by atoms with Gasteiger partial charge in [0, 0.05) is 17.9 Å². The topological polar surface area (TPSA) is 47.6 Å². The van der Waals surface area contributed by atoms with Gasteiger partial charge in [0.1, 0.15) is 0 Å². The largest absolute Gasteiger partial charge is 0.493 e. The SMILES string of the molecule is COc1cc(Br)c(CNC(C)=O)cc1OC. The third-order valence-electron chi connectivity index (χ3n) is 2.08. The minimum Gasteiger partial charge on any atom is -0.493 e. The van der Waals surface area contributed by atoms with Crippen molar-refractivity contribution < 1.29 is 14.3 Å². The first-order valence-electron chi connectivity index (χ1n) is 4.73. The normalized spacial score (nSPS) is 9.75. The molecule has 0 unspecified atom stereocenters. The van der Waals surface area contributed by atoms with Gasteiger partial charge in [0.25, 0.3) is 0 Å². The van der Waals surface area contributed by atoms with Gasteiger partial charge >= 0.3 is 0 Å². The Morgan fingerprint density at radius 2 is 1.88 bits per heavy atom. The third-order valence-corrected chi connectivity index (χ3v) is 2.82. The van der Waals surface area contributed by atoms with Crippen molar-refractivity contribution in [3.63, 3.8) is 0 Å². The lowest BCUT2D eigenvalue weighted by Crippen LogP contribution is -2.19. The van der Waals surface area contributed by atoms with E-state index in [0.29, 0.717) is 18.0 Å². The summed E-state index contributed by atoms with van der Waals surface area (Å²) in [6.45, 7) is 1.94. The minimum atomic E-state index is -0.0679. The van der Waals surface area contributed by atoms with Gasteiger partial charge < -0.3 is 14.8 Å². The lowest BCUT2D eigenvalue weighted by atomic mass is 10.2. The monoisotopic (exact) mass is 287 g/mol. The van der Waals surface area contributed by atoms with E-state index in [9.17, 15) is 4.79 Å². The second kappa shape index (κ2) is 5.75. The Bertz CT molecular complexity index is 393. The zero-order valence-corrected chi connectivity index (χ0v) is 11.1. The Morgan fingerprint density at radius 1 is 1.31 bits per heavy atom. The fourth-order valence-electron chi connectivity index (χ4n) is 1.25. The molecule has 1 N–H and O–H groups in total. The molecular weight excluding hydrogens is 274 g/mol. The number of hydrogen-bond acceptors (Lipinski definition) is 3. The molecule has 0 aliphatic heterocycles. The molecule has 1 aromatic carbocycles. The van der Waals surface area contributed by atoms with Crippen LogP contribution in [0.2, 0.25) is 0 Å². The van der Waals surface area contributed by atoms with Gasteiger partial charge in [-0.05, 0) is 17.7 Å². The maximum atomic E-state index is 10.8. The number of rotatable bonds is 4. The summed E-state index contributed by atoms with van der Waals surface area (Å²) >= 11 is 3.41. The zero-order chi connectivity index (χ0) is 12.1. The number of ether oxygens (including phenoxy) is 2. The van der Waals surface area contributed by atoms with E-state index in [1.807, 2.05) is 12.1 Å². The number of amides is 1. The number of methoxy groups -OCH3 is 2. The van der Waals surface area contributed by atoms with E-state index in [1.165, 1.54) is 6.92 Å². The van der Waals surface area contributed by atoms with Crippen LogP contribution in [0.5, 0.6) is 11.5 Å². The highest BCUT2D eigenvalue weighted by Crippen LogP contribution is 2.33. The summed E-state index contributed by atoms with van der Waals surface area (Å²) in [6, 6.07) is 3.65. The Hall–Kier alpha value is -1.23. The number of nitrogens with one attached hydrogen (secondary N) is 1. The van der Waals surface area contributed by atoms with Crippen LogP contribution in [-0.2, 0) is 11.3 Å². The summed E-state index contributed by atoms with van der Waals surface area (Å²) in [5, 5.41) is 2.73. The Labute approximate surface area is 103 Å². The van der Waals surface area contributed by atoms with E-state index in [2.05, 4.69) is 21.2 Å². The van der Waals surface area contributed by atoms with Crippen LogP contribution in [0.15, 0.2) is 16.6 Å². The highest BCUT2D eigenvalue weighted by atomic mass is 79.9. The van der Waals surface area contributed by atoms with Crippen LogP contribution in [0.1, 0.15) is 12.5 Å². The molecule has 1 aromatic rings. The van der Waals surface area contributed by atoms with Crippen molar-refractivity contribution in [3.8, 4) is 11.5 Å². The van der Waals surface area contributed by atoms with Crippen molar-refractivity contribution in [3.05, 3.63) is 22.2 Å². The zero-order valence-electron chi connectivity index (χ0n) is 9.46. The fourth-order valence-corrected chi connectivity index (χ4v) is 1.71. The van der Waals surface area contributed by atoms with Gasteiger partial charge in [-0.2, -0.15) is 0 Å². The van der Waals surface area contributed by atoms with E-state index in [0.717, 1.165) is 10.0 Å². The quantitative estimate of drug-likeness (QED) is 0.923. The van der Waals surface area contributed by atoms with Gasteiger partial charge in [0.15, 0.2) is 11.5 Å². The van der Waals surface area contributed by atoms with Crippen LogP contribution in [-0.4, -0.2) is 20.1 Å². The van der Waals surface area contributed by atoms with E-state index < -0.39 is 0 Å². The summed E-state index contributed by atoms with van der Waals surface area (Å²) < 4.78 is 11.2.